The molecule has 116 valence electrons. The molecule has 2 rings (SSSR count). The smallest absolute Gasteiger partial charge is 0.166 e. The first-order valence-corrected chi connectivity index (χ1v) is 9.61. The summed E-state index contributed by atoms with van der Waals surface area (Å²) in [7, 11) is 0. The monoisotopic (exact) mass is 322 g/mol. The summed E-state index contributed by atoms with van der Waals surface area (Å²) in [4.78, 5) is 8.03. The summed E-state index contributed by atoms with van der Waals surface area (Å²) in [5.74, 6) is 2.20. The fourth-order valence-electron chi connectivity index (χ4n) is 2.44. The van der Waals surface area contributed by atoms with Crippen LogP contribution in [0.5, 0.6) is 0 Å². The maximum absolute atomic E-state index is 4.62. The molecule has 0 aliphatic heterocycles. The Labute approximate surface area is 137 Å². The molecule has 1 aromatic heterocycles. The van der Waals surface area contributed by atoms with Gasteiger partial charge in [0.05, 0.1) is 11.0 Å². The second-order valence-electron chi connectivity index (χ2n) is 5.61. The molecule has 0 aliphatic rings. The molecule has 21 heavy (non-hydrogen) atoms. The number of aromatic amines is 1. The Morgan fingerprint density at radius 3 is 2.52 bits per heavy atom. The van der Waals surface area contributed by atoms with Crippen molar-refractivity contribution < 1.29 is 0 Å². The Balaban J connectivity index is 1.59. The number of imidazole rings is 1. The molecule has 0 aliphatic carbocycles. The van der Waals surface area contributed by atoms with Crippen molar-refractivity contribution in [3.63, 3.8) is 0 Å². The minimum absolute atomic E-state index is 1.04. The number of unbranched alkanes of at least 4 members (excludes halogenated alkanes) is 6. The molecule has 0 radical (unpaired) electrons. The SMILES string of the molecule is Cc1ccc2nc(SCCCCCCCCCS)[nH]c2c1. The largest absolute Gasteiger partial charge is 0.333 e. The number of fused-ring (bicyclic) bond motifs is 1. The Kier molecular flexibility index (Phi) is 7.51. The second-order valence-corrected chi connectivity index (χ2v) is 7.14. The van der Waals surface area contributed by atoms with Gasteiger partial charge in [-0.15, -0.1) is 0 Å². The number of thioether (sulfide) groups is 1. The van der Waals surface area contributed by atoms with Crippen LogP contribution >= 0.6 is 24.4 Å². The molecule has 0 saturated heterocycles. The van der Waals surface area contributed by atoms with E-state index >= 15 is 0 Å². The molecule has 0 unspecified atom stereocenters. The number of hydrogen-bond acceptors (Lipinski definition) is 3. The topological polar surface area (TPSA) is 28.7 Å². The number of aryl methyl sites for hydroxylation is 1. The van der Waals surface area contributed by atoms with Gasteiger partial charge in [0, 0.05) is 5.75 Å². The molecule has 1 N–H and O–H groups in total. The van der Waals surface area contributed by atoms with Crippen LogP contribution in [0.1, 0.15) is 50.5 Å². The molecule has 2 aromatic rings. The van der Waals surface area contributed by atoms with E-state index < -0.39 is 0 Å². The summed E-state index contributed by atoms with van der Waals surface area (Å²) in [6.45, 7) is 2.11. The third-order valence-corrected chi connectivity index (χ3v) is 4.93. The van der Waals surface area contributed by atoms with Gasteiger partial charge in [-0.1, -0.05) is 49.9 Å². The number of benzene rings is 1. The van der Waals surface area contributed by atoms with E-state index in [-0.39, 0.29) is 0 Å². The maximum Gasteiger partial charge on any atom is 0.166 e. The Hall–Kier alpha value is -0.610. The lowest BCUT2D eigenvalue weighted by Gasteiger charge is -2.00. The van der Waals surface area contributed by atoms with Gasteiger partial charge >= 0.3 is 0 Å². The normalized spacial score (nSPS) is 11.3. The second kappa shape index (κ2) is 9.42. The van der Waals surface area contributed by atoms with Crippen LogP contribution in [0, 0.1) is 6.92 Å². The lowest BCUT2D eigenvalue weighted by Crippen LogP contribution is -1.84. The van der Waals surface area contributed by atoms with Crippen LogP contribution in [0.25, 0.3) is 11.0 Å². The molecule has 2 nitrogen and oxygen atoms in total. The molecule has 4 heteroatoms. The maximum atomic E-state index is 4.62. The van der Waals surface area contributed by atoms with Crippen molar-refractivity contribution in [2.45, 2.75) is 57.0 Å². The van der Waals surface area contributed by atoms with Gasteiger partial charge in [0.2, 0.25) is 0 Å². The standard InChI is InChI=1S/C17H26N2S2/c1-14-9-10-15-16(13-14)19-17(18-15)21-12-8-6-4-2-3-5-7-11-20/h9-10,13,20H,2-8,11-12H2,1H3,(H,18,19). The van der Waals surface area contributed by atoms with Crippen LogP contribution in [0.3, 0.4) is 0 Å². The first-order valence-electron chi connectivity index (χ1n) is 7.99. The number of rotatable bonds is 10. The first-order chi connectivity index (χ1) is 10.3. The van der Waals surface area contributed by atoms with Gasteiger partial charge in [0.25, 0.3) is 0 Å². The van der Waals surface area contributed by atoms with Gasteiger partial charge in [-0.3, -0.25) is 0 Å². The highest BCUT2D eigenvalue weighted by Crippen LogP contribution is 2.21. The van der Waals surface area contributed by atoms with Crippen LogP contribution in [0.15, 0.2) is 23.4 Å². The fourth-order valence-corrected chi connectivity index (χ4v) is 3.55. The number of nitrogens with zero attached hydrogens (tertiary/aromatic N) is 1. The van der Waals surface area contributed by atoms with Crippen molar-refractivity contribution in [1.82, 2.24) is 9.97 Å². The van der Waals surface area contributed by atoms with E-state index in [9.17, 15) is 0 Å². The molecule has 0 fully saturated rings. The van der Waals surface area contributed by atoms with Crippen LogP contribution in [0.2, 0.25) is 0 Å². The van der Waals surface area contributed by atoms with E-state index in [4.69, 9.17) is 0 Å². The summed E-state index contributed by atoms with van der Waals surface area (Å²) in [6, 6.07) is 6.37. The summed E-state index contributed by atoms with van der Waals surface area (Å²) in [5, 5.41) is 1.06. The number of nitrogens with one attached hydrogen (secondary N) is 1. The molecular formula is C17H26N2S2. The van der Waals surface area contributed by atoms with Crippen molar-refractivity contribution >= 4 is 35.4 Å². The zero-order valence-corrected chi connectivity index (χ0v) is 14.6. The van der Waals surface area contributed by atoms with Gasteiger partial charge in [-0.2, -0.15) is 12.6 Å². The van der Waals surface area contributed by atoms with Crippen LogP contribution in [-0.2, 0) is 0 Å². The summed E-state index contributed by atoms with van der Waals surface area (Å²) < 4.78 is 0. The van der Waals surface area contributed by atoms with Gasteiger partial charge in [-0.05, 0) is 43.2 Å². The molecular weight excluding hydrogens is 296 g/mol. The lowest BCUT2D eigenvalue weighted by molar-refractivity contribution is 0.605. The highest BCUT2D eigenvalue weighted by Gasteiger charge is 2.03. The Morgan fingerprint density at radius 2 is 1.76 bits per heavy atom. The average Bonchev–Trinajstić information content (AvgIpc) is 2.87. The van der Waals surface area contributed by atoms with Crippen molar-refractivity contribution in [3.8, 4) is 0 Å². The number of thiol groups is 1. The highest BCUT2D eigenvalue weighted by atomic mass is 32.2. The minimum Gasteiger partial charge on any atom is -0.333 e. The zero-order chi connectivity index (χ0) is 14.9. The van der Waals surface area contributed by atoms with Crippen molar-refractivity contribution in [2.75, 3.05) is 11.5 Å². The highest BCUT2D eigenvalue weighted by molar-refractivity contribution is 7.99. The number of H-pyrrole nitrogens is 1. The van der Waals surface area contributed by atoms with Gasteiger partial charge in [0.1, 0.15) is 0 Å². The van der Waals surface area contributed by atoms with E-state index in [0.717, 1.165) is 27.7 Å². The zero-order valence-electron chi connectivity index (χ0n) is 12.9. The summed E-state index contributed by atoms with van der Waals surface area (Å²) >= 11 is 6.09. The van der Waals surface area contributed by atoms with Crippen molar-refractivity contribution in [1.29, 1.82) is 0 Å². The van der Waals surface area contributed by atoms with E-state index in [1.807, 2.05) is 11.8 Å². The van der Waals surface area contributed by atoms with E-state index in [1.165, 1.54) is 50.5 Å². The van der Waals surface area contributed by atoms with E-state index in [2.05, 4.69) is 47.7 Å². The first kappa shape index (κ1) is 16.8. The average molecular weight is 323 g/mol. The molecule has 0 spiro atoms. The molecule has 0 amide bonds. The van der Waals surface area contributed by atoms with Crippen LogP contribution in [0.4, 0.5) is 0 Å². The van der Waals surface area contributed by atoms with Gasteiger partial charge in [0.15, 0.2) is 5.16 Å². The quantitative estimate of drug-likeness (QED) is 0.337. The molecule has 1 heterocycles. The third kappa shape index (κ3) is 5.95. The predicted octanol–water partition coefficient (Wildman–Crippen LogP) is 5.62. The van der Waals surface area contributed by atoms with Crippen molar-refractivity contribution in [3.05, 3.63) is 23.8 Å². The van der Waals surface area contributed by atoms with Crippen LogP contribution in [-0.4, -0.2) is 21.5 Å². The molecule has 0 saturated carbocycles. The number of hydrogen-bond donors (Lipinski definition) is 2. The molecule has 0 bridgehead atoms. The fraction of sp³-hybridized carbons (Fsp3) is 0.588. The Morgan fingerprint density at radius 1 is 1.05 bits per heavy atom. The van der Waals surface area contributed by atoms with Crippen LogP contribution < -0.4 is 0 Å². The minimum atomic E-state index is 1.04. The van der Waals surface area contributed by atoms with Gasteiger partial charge < -0.3 is 4.98 Å². The van der Waals surface area contributed by atoms with Crippen molar-refractivity contribution in [2.24, 2.45) is 0 Å². The third-order valence-electron chi connectivity index (χ3n) is 3.66. The van der Waals surface area contributed by atoms with E-state index in [1.54, 1.807) is 0 Å². The lowest BCUT2D eigenvalue weighted by atomic mass is 10.1. The Bertz CT molecular complexity index is 537. The van der Waals surface area contributed by atoms with E-state index in [0.29, 0.717) is 0 Å². The summed E-state index contributed by atoms with van der Waals surface area (Å²) in [5.41, 5.74) is 3.51. The summed E-state index contributed by atoms with van der Waals surface area (Å²) in [6.07, 6.45) is 9.35. The van der Waals surface area contributed by atoms with Gasteiger partial charge in [-0.25, -0.2) is 4.98 Å². The molecule has 1 aromatic carbocycles. The molecule has 0 atom stereocenters. The number of aromatic nitrogens is 2. The predicted molar refractivity (Wildman–Crippen MR) is 97.7 cm³/mol.